The molecule has 0 bridgehead atoms. The Labute approximate surface area is 166 Å². The maximum Gasteiger partial charge on any atom is 0.325 e. The molecule has 1 fully saturated rings. The number of nitro benzene ring substituents is 1. The lowest BCUT2D eigenvalue weighted by Crippen LogP contribution is -2.42. The summed E-state index contributed by atoms with van der Waals surface area (Å²) in [5, 5.41) is 16.2. The van der Waals surface area contributed by atoms with E-state index in [4.69, 9.17) is 0 Å². The maximum atomic E-state index is 12.9. The molecule has 9 heteroatoms. The smallest absolute Gasteiger partial charge is 0.325 e. The van der Waals surface area contributed by atoms with Crippen molar-refractivity contribution >= 4 is 29.2 Å². The molecular formula is C20H20N4O5. The highest BCUT2D eigenvalue weighted by Crippen LogP contribution is 2.30. The van der Waals surface area contributed by atoms with Crippen molar-refractivity contribution in [2.24, 2.45) is 0 Å². The summed E-state index contributed by atoms with van der Waals surface area (Å²) in [5.74, 6) is -1.18. The molecule has 0 saturated carbocycles. The molecule has 1 heterocycles. The number of carbonyl (C=O) groups is 3. The largest absolute Gasteiger partial charge is 0.325 e. The number of benzene rings is 2. The van der Waals surface area contributed by atoms with Gasteiger partial charge in [-0.3, -0.25) is 24.6 Å². The second kappa shape index (κ2) is 7.70. The molecule has 2 N–H and O–H groups in total. The Kier molecular flexibility index (Phi) is 5.31. The van der Waals surface area contributed by atoms with E-state index in [1.807, 2.05) is 19.1 Å². The molecule has 29 heavy (non-hydrogen) atoms. The third-order valence-corrected chi connectivity index (χ3v) is 4.86. The van der Waals surface area contributed by atoms with Crippen LogP contribution >= 0.6 is 0 Å². The number of nitro groups is 1. The number of aryl methyl sites for hydroxylation is 1. The molecule has 2 aromatic carbocycles. The van der Waals surface area contributed by atoms with Gasteiger partial charge in [0.1, 0.15) is 12.1 Å². The van der Waals surface area contributed by atoms with E-state index in [1.165, 1.54) is 31.2 Å². The molecule has 4 amide bonds. The van der Waals surface area contributed by atoms with Crippen LogP contribution in [0.5, 0.6) is 0 Å². The molecular weight excluding hydrogens is 376 g/mol. The third kappa shape index (κ3) is 3.93. The highest BCUT2D eigenvalue weighted by Gasteiger charge is 2.49. The number of anilines is 1. The second-order valence-electron chi connectivity index (χ2n) is 6.85. The molecule has 1 aliphatic rings. The van der Waals surface area contributed by atoms with Crippen LogP contribution in [-0.4, -0.2) is 34.2 Å². The van der Waals surface area contributed by atoms with Crippen molar-refractivity contribution < 1.29 is 19.3 Å². The Balaban J connectivity index is 1.75. The van der Waals surface area contributed by atoms with Gasteiger partial charge in [-0.25, -0.2) is 4.79 Å². The van der Waals surface area contributed by atoms with Crippen LogP contribution in [0.2, 0.25) is 0 Å². The molecule has 9 nitrogen and oxygen atoms in total. The van der Waals surface area contributed by atoms with Gasteiger partial charge in [-0.05, 0) is 36.6 Å². The van der Waals surface area contributed by atoms with Crippen LogP contribution in [0.1, 0.15) is 25.0 Å². The number of non-ortho nitro benzene ring substituents is 1. The number of nitrogens with zero attached hydrogens (tertiary/aromatic N) is 2. The van der Waals surface area contributed by atoms with E-state index in [0.717, 1.165) is 16.9 Å². The van der Waals surface area contributed by atoms with Gasteiger partial charge in [0.2, 0.25) is 5.91 Å². The van der Waals surface area contributed by atoms with Crippen molar-refractivity contribution in [2.75, 3.05) is 11.9 Å². The lowest BCUT2D eigenvalue weighted by molar-refractivity contribution is -0.385. The zero-order valence-electron chi connectivity index (χ0n) is 16.0. The summed E-state index contributed by atoms with van der Waals surface area (Å²) in [6.07, 6.45) is 0.868. The highest BCUT2D eigenvalue weighted by atomic mass is 16.6. The summed E-state index contributed by atoms with van der Waals surface area (Å²) in [6.45, 7) is 3.00. The zero-order chi connectivity index (χ0) is 21.2. The molecule has 1 unspecified atom stereocenters. The van der Waals surface area contributed by atoms with Crippen LogP contribution < -0.4 is 10.6 Å². The van der Waals surface area contributed by atoms with E-state index in [-0.39, 0.29) is 11.3 Å². The Morgan fingerprint density at radius 3 is 2.52 bits per heavy atom. The molecule has 1 aliphatic heterocycles. The van der Waals surface area contributed by atoms with Crippen molar-refractivity contribution in [3.8, 4) is 0 Å². The number of carbonyl (C=O) groups excluding carboxylic acids is 3. The monoisotopic (exact) mass is 396 g/mol. The minimum absolute atomic E-state index is 0.197. The summed E-state index contributed by atoms with van der Waals surface area (Å²) < 4.78 is 0. The predicted octanol–water partition coefficient (Wildman–Crippen LogP) is 2.56. The van der Waals surface area contributed by atoms with Crippen LogP contribution in [0.3, 0.4) is 0 Å². The number of imide groups is 1. The van der Waals surface area contributed by atoms with Gasteiger partial charge >= 0.3 is 6.03 Å². The molecule has 3 rings (SSSR count). The first-order valence-corrected chi connectivity index (χ1v) is 9.02. The van der Waals surface area contributed by atoms with Crippen LogP contribution in [0.4, 0.5) is 16.2 Å². The average molecular weight is 396 g/mol. The molecule has 0 aromatic heterocycles. The normalized spacial score (nSPS) is 18.5. The third-order valence-electron chi connectivity index (χ3n) is 4.86. The van der Waals surface area contributed by atoms with Crippen molar-refractivity contribution in [2.45, 2.75) is 25.8 Å². The summed E-state index contributed by atoms with van der Waals surface area (Å²) in [4.78, 5) is 48.8. The van der Waals surface area contributed by atoms with E-state index >= 15 is 0 Å². The second-order valence-corrected chi connectivity index (χ2v) is 6.85. The highest BCUT2D eigenvalue weighted by molar-refractivity contribution is 6.10. The Morgan fingerprint density at radius 1 is 1.21 bits per heavy atom. The fourth-order valence-corrected chi connectivity index (χ4v) is 3.13. The standard InChI is InChI=1S/C20H20N4O5/c1-3-13-7-9-15(10-8-13)21-17(25)12-23-18(26)20(2,22-19(23)27)14-5-4-6-16(11-14)24(28)29/h4-11H,3,12H2,1-2H3,(H,21,25)(H,22,27). The first-order valence-electron chi connectivity index (χ1n) is 9.02. The maximum absolute atomic E-state index is 12.9. The van der Waals surface area contributed by atoms with E-state index < -0.39 is 34.9 Å². The quantitative estimate of drug-likeness (QED) is 0.441. The van der Waals surface area contributed by atoms with Gasteiger partial charge < -0.3 is 10.6 Å². The summed E-state index contributed by atoms with van der Waals surface area (Å²) in [7, 11) is 0. The van der Waals surface area contributed by atoms with Crippen molar-refractivity contribution in [3.63, 3.8) is 0 Å². The number of amides is 4. The topological polar surface area (TPSA) is 122 Å². The van der Waals surface area contributed by atoms with Gasteiger partial charge in [0.05, 0.1) is 4.92 Å². The summed E-state index contributed by atoms with van der Waals surface area (Å²) in [6, 6.07) is 12.0. The molecule has 0 aliphatic carbocycles. The first kappa shape index (κ1) is 20.0. The lowest BCUT2D eigenvalue weighted by Gasteiger charge is -2.22. The Morgan fingerprint density at radius 2 is 1.90 bits per heavy atom. The molecule has 2 aromatic rings. The number of urea groups is 1. The molecule has 150 valence electrons. The van der Waals surface area contributed by atoms with Crippen LogP contribution in [-0.2, 0) is 21.5 Å². The molecule has 0 radical (unpaired) electrons. The summed E-state index contributed by atoms with van der Waals surface area (Å²) >= 11 is 0. The fraction of sp³-hybridized carbons (Fsp3) is 0.250. The molecule has 0 spiro atoms. The number of hydrogen-bond donors (Lipinski definition) is 2. The van der Waals surface area contributed by atoms with Crippen molar-refractivity contribution in [1.29, 1.82) is 0 Å². The fourth-order valence-electron chi connectivity index (χ4n) is 3.13. The van der Waals surface area contributed by atoms with Crippen LogP contribution in [0.15, 0.2) is 48.5 Å². The van der Waals surface area contributed by atoms with Gasteiger partial charge in [-0.2, -0.15) is 0 Å². The van der Waals surface area contributed by atoms with E-state index in [2.05, 4.69) is 10.6 Å². The van der Waals surface area contributed by atoms with Gasteiger partial charge in [-0.1, -0.05) is 31.2 Å². The number of hydrogen-bond acceptors (Lipinski definition) is 5. The van der Waals surface area contributed by atoms with Crippen molar-refractivity contribution in [3.05, 3.63) is 69.8 Å². The minimum Gasteiger partial charge on any atom is -0.325 e. The van der Waals surface area contributed by atoms with Gasteiger partial charge in [0.15, 0.2) is 0 Å². The summed E-state index contributed by atoms with van der Waals surface area (Å²) in [5.41, 5.74) is 0.248. The van der Waals surface area contributed by atoms with E-state index in [1.54, 1.807) is 12.1 Å². The van der Waals surface area contributed by atoms with E-state index in [0.29, 0.717) is 5.69 Å². The minimum atomic E-state index is -1.49. The van der Waals surface area contributed by atoms with Gasteiger partial charge in [-0.15, -0.1) is 0 Å². The van der Waals surface area contributed by atoms with Crippen molar-refractivity contribution in [1.82, 2.24) is 10.2 Å². The molecule has 1 atom stereocenters. The van der Waals surface area contributed by atoms with Gasteiger partial charge in [0, 0.05) is 17.8 Å². The van der Waals surface area contributed by atoms with E-state index in [9.17, 15) is 24.5 Å². The predicted molar refractivity (Wildman–Crippen MR) is 105 cm³/mol. The Bertz CT molecular complexity index is 989. The first-order chi connectivity index (χ1) is 13.7. The number of rotatable bonds is 6. The molecule has 1 saturated heterocycles. The SMILES string of the molecule is CCc1ccc(NC(=O)CN2C(=O)NC(C)(c3cccc([N+](=O)[O-])c3)C2=O)cc1. The van der Waals surface area contributed by atoms with Crippen LogP contribution in [0.25, 0.3) is 0 Å². The zero-order valence-corrected chi connectivity index (χ0v) is 16.0. The lowest BCUT2D eigenvalue weighted by atomic mass is 9.91. The Hall–Kier alpha value is -3.75. The van der Waals surface area contributed by atoms with Gasteiger partial charge in [0.25, 0.3) is 11.6 Å². The number of nitrogens with one attached hydrogen (secondary N) is 2. The average Bonchev–Trinajstić information content (AvgIpc) is 2.92. The van der Waals surface area contributed by atoms with Crippen LogP contribution in [0, 0.1) is 10.1 Å².